The molecule has 1 atom stereocenters. The summed E-state index contributed by atoms with van der Waals surface area (Å²) >= 11 is 0. The van der Waals surface area contributed by atoms with Crippen molar-refractivity contribution in [3.8, 4) is 0 Å². The van der Waals surface area contributed by atoms with Crippen LogP contribution in [0.1, 0.15) is 37.9 Å². The molecule has 0 spiro atoms. The summed E-state index contributed by atoms with van der Waals surface area (Å²) in [4.78, 5) is 7.20. The number of methoxy groups -OCH3 is 1. The number of hydrogen-bond donors (Lipinski definition) is 2. The van der Waals surface area contributed by atoms with Crippen LogP contribution in [0.2, 0.25) is 0 Å². The topological polar surface area (TPSA) is 58.1 Å². The summed E-state index contributed by atoms with van der Waals surface area (Å²) < 4.78 is 11.0. The fraction of sp³-hybridized carbons (Fsp3) is 0.667. The Morgan fingerprint density at radius 1 is 1.29 bits per heavy atom. The molecule has 6 nitrogen and oxygen atoms in total. The number of nitrogens with one attached hydrogen (secondary N) is 2. The van der Waals surface area contributed by atoms with E-state index in [0.717, 1.165) is 45.4 Å². The van der Waals surface area contributed by atoms with Crippen molar-refractivity contribution in [2.45, 2.75) is 39.3 Å². The number of aliphatic imine (C=N–C) groups is 1. The van der Waals surface area contributed by atoms with Gasteiger partial charge in [-0.25, -0.2) is 0 Å². The number of hydrogen-bond acceptors (Lipinski definition) is 4. The molecule has 0 bridgehead atoms. The number of guanidine groups is 1. The molecular weight excluding hydrogens is 467 g/mol. The van der Waals surface area contributed by atoms with Gasteiger partial charge in [0.25, 0.3) is 0 Å². The van der Waals surface area contributed by atoms with Crippen molar-refractivity contribution in [2.24, 2.45) is 4.99 Å². The standard InChI is InChI=1S/C21H36N4O2.HI/c1-6-22-20(24-16-21(3,4)26-5)23-15-19(25-10-12-27-13-11-25)18-9-7-8-17(2)14-18;/h7-9,14,19H,6,10-13,15-16H2,1-5H3,(H2,22,23,24);1H. The third kappa shape index (κ3) is 8.23. The Morgan fingerprint density at radius 2 is 2.00 bits per heavy atom. The van der Waals surface area contributed by atoms with Crippen LogP contribution in [0.4, 0.5) is 0 Å². The molecule has 1 aliphatic heterocycles. The van der Waals surface area contributed by atoms with Gasteiger partial charge in [0.2, 0.25) is 0 Å². The van der Waals surface area contributed by atoms with Crippen LogP contribution in [0.25, 0.3) is 0 Å². The van der Waals surface area contributed by atoms with E-state index in [-0.39, 0.29) is 35.6 Å². The van der Waals surface area contributed by atoms with E-state index in [1.165, 1.54) is 11.1 Å². The second kappa shape index (κ2) is 12.6. The van der Waals surface area contributed by atoms with E-state index < -0.39 is 0 Å². The van der Waals surface area contributed by atoms with Gasteiger partial charge < -0.3 is 20.1 Å². The van der Waals surface area contributed by atoms with Crippen LogP contribution in [0.15, 0.2) is 29.3 Å². The fourth-order valence-corrected chi connectivity index (χ4v) is 3.09. The van der Waals surface area contributed by atoms with Crippen molar-refractivity contribution in [2.75, 3.05) is 53.0 Å². The monoisotopic (exact) mass is 504 g/mol. The molecular formula is C21H37IN4O2. The van der Waals surface area contributed by atoms with Crippen LogP contribution in [0, 0.1) is 6.92 Å². The van der Waals surface area contributed by atoms with Gasteiger partial charge in [-0.1, -0.05) is 29.8 Å². The fourth-order valence-electron chi connectivity index (χ4n) is 3.09. The van der Waals surface area contributed by atoms with Gasteiger partial charge in [0.15, 0.2) is 5.96 Å². The number of benzene rings is 1. The van der Waals surface area contributed by atoms with Gasteiger partial charge in [-0.2, -0.15) is 0 Å². The van der Waals surface area contributed by atoms with E-state index in [2.05, 4.69) is 53.6 Å². The molecule has 0 aliphatic carbocycles. The van der Waals surface area contributed by atoms with Crippen LogP contribution in [-0.4, -0.2) is 69.5 Å². The Bertz CT molecular complexity index is 604. The molecule has 1 aliphatic rings. The number of aryl methyl sites for hydroxylation is 1. The van der Waals surface area contributed by atoms with Crippen LogP contribution in [0.5, 0.6) is 0 Å². The van der Waals surface area contributed by atoms with Crippen molar-refractivity contribution >= 4 is 29.9 Å². The minimum atomic E-state index is -0.275. The number of morpholine rings is 1. The van der Waals surface area contributed by atoms with Crippen molar-refractivity contribution in [3.63, 3.8) is 0 Å². The van der Waals surface area contributed by atoms with Gasteiger partial charge in [0, 0.05) is 33.3 Å². The van der Waals surface area contributed by atoms with Crippen molar-refractivity contribution in [3.05, 3.63) is 35.4 Å². The first-order valence-corrected chi connectivity index (χ1v) is 9.91. The van der Waals surface area contributed by atoms with E-state index in [1.54, 1.807) is 7.11 Å². The van der Waals surface area contributed by atoms with E-state index in [4.69, 9.17) is 14.5 Å². The lowest BCUT2D eigenvalue weighted by Gasteiger charge is -2.35. The number of ether oxygens (including phenoxy) is 2. The van der Waals surface area contributed by atoms with Gasteiger partial charge in [-0.3, -0.25) is 9.89 Å². The number of rotatable bonds is 8. The predicted octanol–water partition coefficient (Wildman–Crippen LogP) is 2.97. The van der Waals surface area contributed by atoms with Gasteiger partial charge in [0.05, 0.1) is 31.4 Å². The highest BCUT2D eigenvalue weighted by molar-refractivity contribution is 14.0. The lowest BCUT2D eigenvalue weighted by Crippen LogP contribution is -2.46. The minimum Gasteiger partial charge on any atom is -0.379 e. The highest BCUT2D eigenvalue weighted by Gasteiger charge is 2.23. The smallest absolute Gasteiger partial charge is 0.191 e. The minimum absolute atomic E-state index is 0. The summed E-state index contributed by atoms with van der Waals surface area (Å²) in [5.74, 6) is 0.827. The third-order valence-corrected chi connectivity index (χ3v) is 4.89. The maximum Gasteiger partial charge on any atom is 0.191 e. The first-order chi connectivity index (χ1) is 12.9. The molecule has 2 rings (SSSR count). The second-order valence-corrected chi connectivity index (χ2v) is 7.62. The lowest BCUT2D eigenvalue weighted by molar-refractivity contribution is 0.0169. The zero-order chi connectivity index (χ0) is 19.7. The van der Waals surface area contributed by atoms with Crippen LogP contribution < -0.4 is 10.6 Å². The molecule has 28 heavy (non-hydrogen) atoms. The maximum absolute atomic E-state index is 5.55. The van der Waals surface area contributed by atoms with Crippen molar-refractivity contribution in [1.29, 1.82) is 0 Å². The summed E-state index contributed by atoms with van der Waals surface area (Å²) in [6.45, 7) is 14.0. The molecule has 1 aromatic carbocycles. The van der Waals surface area contributed by atoms with Crippen LogP contribution >= 0.6 is 24.0 Å². The summed E-state index contributed by atoms with van der Waals surface area (Å²) in [6, 6.07) is 9.06. The van der Waals surface area contributed by atoms with Gasteiger partial charge >= 0.3 is 0 Å². The molecule has 0 radical (unpaired) electrons. The average molecular weight is 504 g/mol. The maximum atomic E-state index is 5.55. The van der Waals surface area contributed by atoms with Gasteiger partial charge in [-0.05, 0) is 33.3 Å². The van der Waals surface area contributed by atoms with E-state index in [9.17, 15) is 0 Å². The largest absolute Gasteiger partial charge is 0.379 e. The molecule has 1 unspecified atom stereocenters. The summed E-state index contributed by atoms with van der Waals surface area (Å²) in [6.07, 6.45) is 0. The number of nitrogens with zero attached hydrogens (tertiary/aromatic N) is 2. The first kappa shape index (κ1) is 25.1. The SMILES string of the molecule is CCNC(=NCC(C)(C)OC)NCC(c1cccc(C)c1)N1CCOCC1.I. The summed E-state index contributed by atoms with van der Waals surface area (Å²) in [5.41, 5.74) is 2.34. The zero-order valence-corrected chi connectivity index (χ0v) is 20.3. The molecule has 1 saturated heterocycles. The van der Waals surface area contributed by atoms with Crippen LogP contribution in [0.3, 0.4) is 0 Å². The first-order valence-electron chi connectivity index (χ1n) is 9.91. The van der Waals surface area contributed by atoms with E-state index in [0.29, 0.717) is 6.54 Å². The van der Waals surface area contributed by atoms with Crippen LogP contribution in [-0.2, 0) is 9.47 Å². The lowest BCUT2D eigenvalue weighted by atomic mass is 10.0. The highest BCUT2D eigenvalue weighted by atomic mass is 127. The second-order valence-electron chi connectivity index (χ2n) is 7.62. The summed E-state index contributed by atoms with van der Waals surface area (Å²) in [7, 11) is 1.72. The third-order valence-electron chi connectivity index (χ3n) is 4.89. The Balaban J connectivity index is 0.00000392. The molecule has 0 aromatic heterocycles. The molecule has 1 aromatic rings. The molecule has 1 heterocycles. The zero-order valence-electron chi connectivity index (χ0n) is 18.0. The predicted molar refractivity (Wildman–Crippen MR) is 127 cm³/mol. The Labute approximate surface area is 187 Å². The molecule has 0 amide bonds. The highest BCUT2D eigenvalue weighted by Crippen LogP contribution is 2.22. The normalized spacial score (nSPS) is 17.0. The Hall–Kier alpha value is -0.900. The summed E-state index contributed by atoms with van der Waals surface area (Å²) in [5, 5.41) is 6.87. The van der Waals surface area contributed by atoms with Crippen molar-refractivity contribution < 1.29 is 9.47 Å². The van der Waals surface area contributed by atoms with Crippen molar-refractivity contribution in [1.82, 2.24) is 15.5 Å². The Morgan fingerprint density at radius 3 is 2.61 bits per heavy atom. The van der Waals surface area contributed by atoms with Gasteiger partial charge in [0.1, 0.15) is 0 Å². The number of halogens is 1. The quantitative estimate of drug-likeness (QED) is 0.324. The van der Waals surface area contributed by atoms with E-state index in [1.807, 2.05) is 13.8 Å². The van der Waals surface area contributed by atoms with Gasteiger partial charge in [-0.15, -0.1) is 24.0 Å². The van der Waals surface area contributed by atoms with E-state index >= 15 is 0 Å². The molecule has 1 fully saturated rings. The Kier molecular flexibility index (Phi) is 11.3. The molecule has 160 valence electrons. The average Bonchev–Trinajstić information content (AvgIpc) is 2.67. The molecule has 7 heteroatoms. The molecule has 0 saturated carbocycles. The molecule has 2 N–H and O–H groups in total.